The highest BCUT2D eigenvalue weighted by Crippen LogP contribution is 2.21. The molecule has 0 radical (unpaired) electrons. The fourth-order valence-electron chi connectivity index (χ4n) is 3.26. The number of piperidine rings is 1. The van der Waals surface area contributed by atoms with Crippen LogP contribution < -0.4 is 10.1 Å². The number of nitrogens with one attached hydrogen (secondary N) is 1. The molecule has 1 aliphatic rings. The van der Waals surface area contributed by atoms with Gasteiger partial charge in [0.15, 0.2) is 0 Å². The Hall–Kier alpha value is -1.59. The van der Waals surface area contributed by atoms with E-state index in [1.165, 1.54) is 25.9 Å². The van der Waals surface area contributed by atoms with Crippen molar-refractivity contribution in [3.05, 3.63) is 24.3 Å². The Balaban J connectivity index is 1.78. The number of methoxy groups -OCH3 is 1. The molecule has 0 bridgehead atoms. The lowest BCUT2D eigenvalue weighted by Gasteiger charge is -2.29. The van der Waals surface area contributed by atoms with E-state index in [1.54, 1.807) is 7.11 Å². The Kier molecular flexibility index (Phi) is 7.91. The molecule has 2 rings (SSSR count). The molecule has 1 aliphatic heterocycles. The van der Waals surface area contributed by atoms with Crippen molar-refractivity contribution < 1.29 is 14.3 Å². The number of anilines is 1. The Bertz CT molecular complexity index is 553. The summed E-state index contributed by atoms with van der Waals surface area (Å²) in [6.45, 7) is 10.2. The first kappa shape index (κ1) is 20.7. The van der Waals surface area contributed by atoms with Crippen molar-refractivity contribution in [1.82, 2.24) is 4.90 Å². The highest BCUT2D eigenvalue weighted by molar-refractivity contribution is 5.97. The second-order valence-electron chi connectivity index (χ2n) is 7.54. The molecule has 0 unspecified atom stereocenters. The molecule has 5 nitrogen and oxygen atoms in total. The van der Waals surface area contributed by atoms with Crippen molar-refractivity contribution in [3.63, 3.8) is 0 Å². The summed E-state index contributed by atoms with van der Waals surface area (Å²) >= 11 is 0. The SMILES string of the molecule is CCC[C@](C)(OC)C(=O)Nc1ccc(OCCN2CCC(C)CC2)cc1. The third kappa shape index (κ3) is 5.99. The molecular formula is C21H34N2O3. The quantitative estimate of drug-likeness (QED) is 0.723. The summed E-state index contributed by atoms with van der Waals surface area (Å²) in [6.07, 6.45) is 4.14. The molecule has 1 N–H and O–H groups in total. The number of nitrogens with zero attached hydrogens (tertiary/aromatic N) is 1. The fraction of sp³-hybridized carbons (Fsp3) is 0.667. The Morgan fingerprint density at radius 3 is 2.50 bits per heavy atom. The first-order valence-electron chi connectivity index (χ1n) is 9.78. The number of likely N-dealkylation sites (tertiary alicyclic amines) is 1. The predicted octanol–water partition coefficient (Wildman–Crippen LogP) is 3.94. The van der Waals surface area contributed by atoms with E-state index in [-0.39, 0.29) is 5.91 Å². The van der Waals surface area contributed by atoms with Gasteiger partial charge in [0.1, 0.15) is 18.0 Å². The smallest absolute Gasteiger partial charge is 0.256 e. The molecule has 0 aromatic heterocycles. The summed E-state index contributed by atoms with van der Waals surface area (Å²) < 4.78 is 11.3. The van der Waals surface area contributed by atoms with Crippen LogP contribution in [0.3, 0.4) is 0 Å². The van der Waals surface area contributed by atoms with Crippen LogP contribution >= 0.6 is 0 Å². The van der Waals surface area contributed by atoms with Gasteiger partial charge in [-0.1, -0.05) is 20.3 Å². The van der Waals surface area contributed by atoms with Gasteiger partial charge in [-0.25, -0.2) is 0 Å². The van der Waals surface area contributed by atoms with Crippen LogP contribution in [0, 0.1) is 5.92 Å². The molecule has 1 amide bonds. The van der Waals surface area contributed by atoms with Gasteiger partial charge in [-0.3, -0.25) is 9.69 Å². The van der Waals surface area contributed by atoms with Gasteiger partial charge in [0, 0.05) is 19.3 Å². The monoisotopic (exact) mass is 362 g/mol. The van der Waals surface area contributed by atoms with Crippen molar-refractivity contribution in [2.45, 2.75) is 52.1 Å². The van der Waals surface area contributed by atoms with E-state index in [0.29, 0.717) is 13.0 Å². The molecule has 26 heavy (non-hydrogen) atoms. The maximum Gasteiger partial charge on any atom is 0.256 e. The normalized spacial score (nSPS) is 18.3. The first-order valence-corrected chi connectivity index (χ1v) is 9.78. The maximum absolute atomic E-state index is 12.4. The third-order valence-corrected chi connectivity index (χ3v) is 5.32. The standard InChI is InChI=1S/C21H34N2O3/c1-5-12-21(3,25-4)20(24)22-18-6-8-19(9-7-18)26-16-15-23-13-10-17(2)11-14-23/h6-9,17H,5,10-16H2,1-4H3,(H,22,24)/t21-/m0/s1. The second-order valence-corrected chi connectivity index (χ2v) is 7.54. The summed E-state index contributed by atoms with van der Waals surface area (Å²) in [7, 11) is 1.58. The van der Waals surface area contributed by atoms with E-state index in [9.17, 15) is 4.79 Å². The maximum atomic E-state index is 12.4. The fourth-order valence-corrected chi connectivity index (χ4v) is 3.26. The van der Waals surface area contributed by atoms with E-state index >= 15 is 0 Å². The zero-order valence-corrected chi connectivity index (χ0v) is 16.7. The van der Waals surface area contributed by atoms with E-state index in [4.69, 9.17) is 9.47 Å². The molecule has 0 aliphatic carbocycles. The highest BCUT2D eigenvalue weighted by Gasteiger charge is 2.32. The van der Waals surface area contributed by atoms with Crippen LogP contribution in [0.5, 0.6) is 5.75 Å². The van der Waals surface area contributed by atoms with E-state index < -0.39 is 5.60 Å². The van der Waals surface area contributed by atoms with Crippen LogP contribution in [0.15, 0.2) is 24.3 Å². The number of rotatable bonds is 9. The van der Waals surface area contributed by atoms with Crippen molar-refractivity contribution in [2.24, 2.45) is 5.92 Å². The summed E-state index contributed by atoms with van der Waals surface area (Å²) in [4.78, 5) is 14.9. The molecular weight excluding hydrogens is 328 g/mol. The Morgan fingerprint density at radius 2 is 1.92 bits per heavy atom. The zero-order valence-electron chi connectivity index (χ0n) is 16.7. The molecule has 0 saturated carbocycles. The van der Waals surface area contributed by atoms with Crippen molar-refractivity contribution >= 4 is 11.6 Å². The molecule has 1 atom stereocenters. The summed E-state index contributed by atoms with van der Waals surface area (Å²) in [5.41, 5.74) is -0.0395. The van der Waals surface area contributed by atoms with Crippen LogP contribution in [0.4, 0.5) is 5.69 Å². The number of amides is 1. The number of hydrogen-bond donors (Lipinski definition) is 1. The van der Waals surface area contributed by atoms with Gasteiger partial charge in [-0.15, -0.1) is 0 Å². The third-order valence-electron chi connectivity index (χ3n) is 5.32. The van der Waals surface area contributed by atoms with Crippen LogP contribution in [0.2, 0.25) is 0 Å². The van der Waals surface area contributed by atoms with Crippen LogP contribution in [-0.2, 0) is 9.53 Å². The second kappa shape index (κ2) is 9.93. The molecule has 146 valence electrons. The van der Waals surface area contributed by atoms with Gasteiger partial charge in [0.25, 0.3) is 5.91 Å². The van der Waals surface area contributed by atoms with E-state index in [2.05, 4.69) is 17.1 Å². The Morgan fingerprint density at radius 1 is 1.27 bits per heavy atom. The van der Waals surface area contributed by atoms with E-state index in [1.807, 2.05) is 38.1 Å². The molecule has 1 heterocycles. The average Bonchev–Trinajstić information content (AvgIpc) is 2.65. The van der Waals surface area contributed by atoms with Crippen LogP contribution in [0.1, 0.15) is 46.5 Å². The van der Waals surface area contributed by atoms with Gasteiger partial charge in [-0.05, 0) is 69.5 Å². The number of carbonyl (C=O) groups excluding carboxylic acids is 1. The minimum absolute atomic E-state index is 0.116. The minimum atomic E-state index is -0.796. The number of ether oxygens (including phenoxy) is 2. The van der Waals surface area contributed by atoms with Crippen molar-refractivity contribution in [3.8, 4) is 5.75 Å². The van der Waals surface area contributed by atoms with Gasteiger partial charge in [-0.2, -0.15) is 0 Å². The topological polar surface area (TPSA) is 50.8 Å². The van der Waals surface area contributed by atoms with Gasteiger partial charge in [0.05, 0.1) is 0 Å². The molecule has 0 spiro atoms. The largest absolute Gasteiger partial charge is 0.492 e. The minimum Gasteiger partial charge on any atom is -0.492 e. The number of carbonyl (C=O) groups is 1. The summed E-state index contributed by atoms with van der Waals surface area (Å²) in [6, 6.07) is 7.55. The molecule has 1 fully saturated rings. The zero-order chi connectivity index (χ0) is 19.0. The van der Waals surface area contributed by atoms with Crippen LogP contribution in [-0.4, -0.2) is 49.8 Å². The average molecular weight is 363 g/mol. The lowest BCUT2D eigenvalue weighted by molar-refractivity contribution is -0.136. The van der Waals surface area contributed by atoms with E-state index in [0.717, 1.165) is 30.3 Å². The number of benzene rings is 1. The van der Waals surface area contributed by atoms with Crippen LogP contribution in [0.25, 0.3) is 0 Å². The lowest BCUT2D eigenvalue weighted by atomic mass is 9.99. The molecule has 1 saturated heterocycles. The predicted molar refractivity (Wildman–Crippen MR) is 106 cm³/mol. The molecule has 5 heteroatoms. The molecule has 1 aromatic rings. The van der Waals surface area contributed by atoms with Gasteiger partial charge < -0.3 is 14.8 Å². The number of hydrogen-bond acceptors (Lipinski definition) is 4. The van der Waals surface area contributed by atoms with Crippen molar-refractivity contribution in [1.29, 1.82) is 0 Å². The summed E-state index contributed by atoms with van der Waals surface area (Å²) in [5.74, 6) is 1.57. The highest BCUT2D eigenvalue weighted by atomic mass is 16.5. The molecule has 1 aromatic carbocycles. The summed E-state index contributed by atoms with van der Waals surface area (Å²) in [5, 5.41) is 2.93. The van der Waals surface area contributed by atoms with Gasteiger partial charge >= 0.3 is 0 Å². The van der Waals surface area contributed by atoms with Crippen molar-refractivity contribution in [2.75, 3.05) is 38.7 Å². The Labute approximate surface area is 158 Å². The lowest BCUT2D eigenvalue weighted by Crippen LogP contribution is -2.41. The first-order chi connectivity index (χ1) is 12.5. The van der Waals surface area contributed by atoms with Gasteiger partial charge in [0.2, 0.25) is 0 Å².